The first kappa shape index (κ1) is 24.1. The smallest absolute Gasteiger partial charge is 0.338 e. The number of H-pyrrole nitrogens is 1. The molecule has 0 fully saturated rings. The Morgan fingerprint density at radius 3 is 2.43 bits per heavy atom. The van der Waals surface area contributed by atoms with Crippen LogP contribution in [0.3, 0.4) is 0 Å². The Hall–Kier alpha value is -4.05. The van der Waals surface area contributed by atoms with Crippen molar-refractivity contribution in [1.29, 1.82) is 0 Å². The van der Waals surface area contributed by atoms with E-state index >= 15 is 0 Å². The molecule has 0 amide bonds. The first-order chi connectivity index (χ1) is 16.8. The number of sulfonamides is 1. The molecule has 1 aromatic heterocycles. The summed E-state index contributed by atoms with van der Waals surface area (Å²) in [7, 11) is -0.960. The summed E-state index contributed by atoms with van der Waals surface area (Å²) in [6, 6.07) is 19.7. The van der Waals surface area contributed by atoms with Crippen LogP contribution < -0.4 is 14.7 Å². The van der Waals surface area contributed by atoms with Gasteiger partial charge in [0, 0.05) is 13.6 Å². The second-order valence-corrected chi connectivity index (χ2v) is 9.73. The molecule has 35 heavy (non-hydrogen) atoms. The highest BCUT2D eigenvalue weighted by molar-refractivity contribution is 7.92. The Bertz CT molecular complexity index is 1510. The topological polar surface area (TPSA) is 111 Å². The molecular formula is C25H25N3O6S. The summed E-state index contributed by atoms with van der Waals surface area (Å²) in [6.45, 7) is 0.504. The average Bonchev–Trinajstić information content (AvgIpc) is 3.20. The van der Waals surface area contributed by atoms with Crippen molar-refractivity contribution in [2.75, 3.05) is 25.1 Å². The van der Waals surface area contributed by atoms with Crippen LogP contribution in [-0.4, -0.2) is 44.7 Å². The molecule has 3 aromatic carbocycles. The van der Waals surface area contributed by atoms with Crippen molar-refractivity contribution in [2.24, 2.45) is 0 Å². The van der Waals surface area contributed by atoms with E-state index in [0.29, 0.717) is 24.4 Å². The van der Waals surface area contributed by atoms with Crippen molar-refractivity contribution in [3.8, 4) is 5.75 Å². The molecular weight excluding hydrogens is 470 g/mol. The van der Waals surface area contributed by atoms with Crippen molar-refractivity contribution < 1.29 is 22.7 Å². The molecule has 4 aromatic rings. The van der Waals surface area contributed by atoms with Gasteiger partial charge in [-0.15, -0.1) is 0 Å². The highest BCUT2D eigenvalue weighted by Gasteiger charge is 2.24. The number of aromatic amines is 1. The minimum Gasteiger partial charge on any atom is -0.495 e. The van der Waals surface area contributed by atoms with Crippen LogP contribution in [0.2, 0.25) is 0 Å². The van der Waals surface area contributed by atoms with E-state index in [1.165, 1.54) is 38.4 Å². The monoisotopic (exact) mass is 495 g/mol. The van der Waals surface area contributed by atoms with Gasteiger partial charge < -0.3 is 14.5 Å². The molecule has 10 heteroatoms. The molecule has 0 aliphatic heterocycles. The minimum atomic E-state index is -3.87. The van der Waals surface area contributed by atoms with Crippen molar-refractivity contribution >= 4 is 32.7 Å². The third-order valence-corrected chi connectivity index (χ3v) is 7.40. The summed E-state index contributed by atoms with van der Waals surface area (Å²) in [6.07, 6.45) is 0.448. The molecule has 4 rings (SSSR count). The molecule has 0 saturated heterocycles. The molecule has 0 spiro atoms. The van der Waals surface area contributed by atoms with Crippen LogP contribution in [0.5, 0.6) is 5.75 Å². The van der Waals surface area contributed by atoms with E-state index in [4.69, 9.17) is 9.47 Å². The number of carbonyl (C=O) groups is 1. The van der Waals surface area contributed by atoms with Gasteiger partial charge in [-0.2, -0.15) is 0 Å². The molecule has 1 N–H and O–H groups in total. The fourth-order valence-corrected chi connectivity index (χ4v) is 4.95. The summed E-state index contributed by atoms with van der Waals surface area (Å²) in [5.74, 6) is -0.146. The van der Waals surface area contributed by atoms with E-state index in [2.05, 4.69) is 4.98 Å². The highest BCUT2D eigenvalue weighted by Crippen LogP contribution is 2.30. The van der Waals surface area contributed by atoms with Gasteiger partial charge in [0.15, 0.2) is 0 Å². The SMILES string of the molecule is COc1ccccc1N(C)S(=O)(=O)c1ccc(C(=O)OCCCn2c(=O)[nH]c3ccccc32)cc1. The quantitative estimate of drug-likeness (QED) is 0.281. The summed E-state index contributed by atoms with van der Waals surface area (Å²) >= 11 is 0. The van der Waals surface area contributed by atoms with Crippen LogP contribution in [0.15, 0.2) is 82.5 Å². The molecule has 0 bridgehead atoms. The largest absolute Gasteiger partial charge is 0.495 e. The maximum atomic E-state index is 13.0. The van der Waals surface area contributed by atoms with E-state index in [9.17, 15) is 18.0 Å². The second-order valence-electron chi connectivity index (χ2n) is 7.76. The number of imidazole rings is 1. The van der Waals surface area contributed by atoms with Gasteiger partial charge in [0.05, 0.1) is 40.9 Å². The summed E-state index contributed by atoms with van der Waals surface area (Å²) in [5, 5.41) is 0. The number of esters is 1. The van der Waals surface area contributed by atoms with E-state index in [0.717, 1.165) is 15.3 Å². The van der Waals surface area contributed by atoms with Gasteiger partial charge in [-0.05, 0) is 55.0 Å². The third kappa shape index (κ3) is 4.92. The standard InChI is InChI=1S/C25H25N3O6S/c1-27(22-10-5-6-11-23(22)33-2)35(31,32)19-14-12-18(13-15-19)24(29)34-17-7-16-28-21-9-4-3-8-20(21)26-25(28)30/h3-6,8-15H,7,16-17H2,1-2H3,(H,26,30). The number of hydrogen-bond donors (Lipinski definition) is 1. The summed E-state index contributed by atoms with van der Waals surface area (Å²) in [4.78, 5) is 27.3. The Labute approximate surface area is 202 Å². The van der Waals surface area contributed by atoms with Crippen LogP contribution in [-0.2, 0) is 21.3 Å². The Morgan fingerprint density at radius 2 is 1.69 bits per heavy atom. The number of benzene rings is 3. The number of hydrogen-bond acceptors (Lipinski definition) is 6. The van der Waals surface area contributed by atoms with Crippen molar-refractivity contribution in [2.45, 2.75) is 17.9 Å². The number of aromatic nitrogens is 2. The minimum absolute atomic E-state index is 0.0289. The fourth-order valence-electron chi connectivity index (χ4n) is 3.74. The number of nitrogens with zero attached hydrogens (tertiary/aromatic N) is 2. The first-order valence-electron chi connectivity index (χ1n) is 10.9. The number of rotatable bonds is 9. The highest BCUT2D eigenvalue weighted by atomic mass is 32.2. The number of anilines is 1. The maximum absolute atomic E-state index is 13.0. The fraction of sp³-hybridized carbons (Fsp3) is 0.200. The Balaban J connectivity index is 1.38. The first-order valence-corrected chi connectivity index (χ1v) is 12.3. The van der Waals surface area contributed by atoms with Crippen molar-refractivity contribution in [3.05, 3.63) is 88.8 Å². The molecule has 1 heterocycles. The normalized spacial score (nSPS) is 11.4. The van der Waals surface area contributed by atoms with Gasteiger partial charge in [-0.3, -0.25) is 8.87 Å². The van der Waals surface area contributed by atoms with Crippen LogP contribution in [0.25, 0.3) is 11.0 Å². The van der Waals surface area contributed by atoms with Crippen molar-refractivity contribution in [3.63, 3.8) is 0 Å². The number of carbonyl (C=O) groups excluding carboxylic acids is 1. The zero-order valence-corrected chi connectivity index (χ0v) is 20.1. The van der Waals surface area contributed by atoms with Gasteiger partial charge in [0.25, 0.3) is 10.0 Å². The van der Waals surface area contributed by atoms with Gasteiger partial charge in [0.2, 0.25) is 0 Å². The molecule has 182 valence electrons. The van der Waals surface area contributed by atoms with E-state index in [-0.39, 0.29) is 22.8 Å². The molecule has 0 atom stereocenters. The maximum Gasteiger partial charge on any atom is 0.338 e. The Morgan fingerprint density at radius 1 is 1.00 bits per heavy atom. The predicted octanol–water partition coefficient (Wildman–Crippen LogP) is 3.41. The summed E-state index contributed by atoms with van der Waals surface area (Å²) < 4.78 is 39.4. The van der Waals surface area contributed by atoms with Crippen LogP contribution in [0.1, 0.15) is 16.8 Å². The third-order valence-electron chi connectivity index (χ3n) is 5.61. The lowest BCUT2D eigenvalue weighted by Crippen LogP contribution is -2.27. The molecule has 0 aliphatic rings. The lowest BCUT2D eigenvalue weighted by Gasteiger charge is -2.21. The van der Waals surface area contributed by atoms with Crippen LogP contribution in [0.4, 0.5) is 5.69 Å². The molecule has 9 nitrogen and oxygen atoms in total. The van der Waals surface area contributed by atoms with E-state index < -0.39 is 16.0 Å². The number of para-hydroxylation sites is 4. The zero-order valence-electron chi connectivity index (χ0n) is 19.3. The van der Waals surface area contributed by atoms with Gasteiger partial charge >= 0.3 is 11.7 Å². The Kier molecular flexibility index (Phi) is 6.92. The number of aryl methyl sites for hydroxylation is 1. The second kappa shape index (κ2) is 10.1. The zero-order chi connectivity index (χ0) is 25.0. The van der Waals surface area contributed by atoms with Gasteiger partial charge in [-0.25, -0.2) is 18.0 Å². The molecule has 0 aliphatic carbocycles. The summed E-state index contributed by atoms with van der Waals surface area (Å²) in [5.41, 5.74) is 1.95. The number of nitrogens with one attached hydrogen (secondary N) is 1. The lowest BCUT2D eigenvalue weighted by molar-refractivity contribution is 0.0496. The van der Waals surface area contributed by atoms with Crippen LogP contribution >= 0.6 is 0 Å². The van der Waals surface area contributed by atoms with Gasteiger partial charge in [0.1, 0.15) is 5.75 Å². The predicted molar refractivity (Wildman–Crippen MR) is 132 cm³/mol. The van der Waals surface area contributed by atoms with Crippen molar-refractivity contribution in [1.82, 2.24) is 9.55 Å². The molecule has 0 unspecified atom stereocenters. The lowest BCUT2D eigenvalue weighted by atomic mass is 10.2. The number of methoxy groups -OCH3 is 1. The van der Waals surface area contributed by atoms with Crippen LogP contribution in [0, 0.1) is 0 Å². The number of ether oxygens (including phenoxy) is 2. The average molecular weight is 496 g/mol. The molecule has 0 saturated carbocycles. The molecule has 0 radical (unpaired) electrons. The van der Waals surface area contributed by atoms with Gasteiger partial charge in [-0.1, -0.05) is 24.3 Å². The number of fused-ring (bicyclic) bond motifs is 1. The van der Waals surface area contributed by atoms with E-state index in [1.54, 1.807) is 28.8 Å². The van der Waals surface area contributed by atoms with E-state index in [1.807, 2.05) is 24.3 Å².